The van der Waals surface area contributed by atoms with Crippen molar-refractivity contribution < 1.29 is 0 Å². The number of anilines is 1. The van der Waals surface area contributed by atoms with Gasteiger partial charge in [0.2, 0.25) is 0 Å². The number of hydrogen-bond donors (Lipinski definition) is 1. The molecule has 94 valence electrons. The molecule has 0 atom stereocenters. The van der Waals surface area contributed by atoms with Crippen LogP contribution in [0.2, 0.25) is 0 Å². The van der Waals surface area contributed by atoms with Crippen LogP contribution in [0, 0.1) is 6.92 Å². The standard InChI is InChI=1S/C14H22N2S/c1-4-8-16(9-5-2)12-6-7-13(14(15)17)11(3)10-12/h6-7,10H,4-5,8-9H2,1-3H3,(H2,15,17). The molecule has 0 aromatic heterocycles. The summed E-state index contributed by atoms with van der Waals surface area (Å²) in [5.74, 6) is 0. The van der Waals surface area contributed by atoms with Crippen LogP contribution in [0.5, 0.6) is 0 Å². The molecule has 0 radical (unpaired) electrons. The number of benzene rings is 1. The third-order valence-corrected chi connectivity index (χ3v) is 3.05. The second kappa shape index (κ2) is 6.60. The second-order valence-corrected chi connectivity index (χ2v) is 4.79. The molecule has 1 aromatic rings. The van der Waals surface area contributed by atoms with Crippen molar-refractivity contribution in [3.8, 4) is 0 Å². The molecule has 2 N–H and O–H groups in total. The zero-order valence-electron chi connectivity index (χ0n) is 11.0. The molecule has 0 heterocycles. The molecule has 0 aliphatic carbocycles. The fourth-order valence-electron chi connectivity index (χ4n) is 2.03. The van der Waals surface area contributed by atoms with Crippen LogP contribution >= 0.6 is 12.2 Å². The van der Waals surface area contributed by atoms with Crippen molar-refractivity contribution in [2.24, 2.45) is 5.73 Å². The Kier molecular flexibility index (Phi) is 5.42. The third kappa shape index (κ3) is 3.70. The minimum absolute atomic E-state index is 0.478. The second-order valence-electron chi connectivity index (χ2n) is 4.35. The zero-order valence-corrected chi connectivity index (χ0v) is 11.8. The molecule has 0 fully saturated rings. The van der Waals surface area contributed by atoms with E-state index >= 15 is 0 Å². The van der Waals surface area contributed by atoms with Gasteiger partial charge >= 0.3 is 0 Å². The third-order valence-electron chi connectivity index (χ3n) is 2.83. The number of hydrogen-bond acceptors (Lipinski definition) is 2. The SMILES string of the molecule is CCCN(CCC)c1ccc(C(N)=S)c(C)c1. The minimum Gasteiger partial charge on any atom is -0.389 e. The smallest absolute Gasteiger partial charge is 0.104 e. The highest BCUT2D eigenvalue weighted by Gasteiger charge is 2.07. The van der Waals surface area contributed by atoms with Crippen molar-refractivity contribution in [2.45, 2.75) is 33.6 Å². The summed E-state index contributed by atoms with van der Waals surface area (Å²) in [5.41, 5.74) is 9.09. The van der Waals surface area contributed by atoms with Gasteiger partial charge in [0.05, 0.1) is 0 Å². The Balaban J connectivity index is 2.97. The molecule has 2 nitrogen and oxygen atoms in total. The molecule has 0 spiro atoms. The Hall–Kier alpha value is -1.09. The molecule has 1 aromatic carbocycles. The quantitative estimate of drug-likeness (QED) is 0.786. The summed E-state index contributed by atoms with van der Waals surface area (Å²) < 4.78 is 0. The Bertz CT molecular complexity index is 382. The number of nitrogens with two attached hydrogens (primary N) is 1. The van der Waals surface area contributed by atoms with Gasteiger partial charge in [-0.3, -0.25) is 0 Å². The normalized spacial score (nSPS) is 10.3. The summed E-state index contributed by atoms with van der Waals surface area (Å²) in [6.45, 7) is 8.67. The van der Waals surface area contributed by atoms with Crippen molar-refractivity contribution in [3.63, 3.8) is 0 Å². The summed E-state index contributed by atoms with van der Waals surface area (Å²) in [4.78, 5) is 2.89. The number of rotatable bonds is 6. The van der Waals surface area contributed by atoms with Gasteiger partial charge in [0.1, 0.15) is 4.99 Å². The van der Waals surface area contributed by atoms with E-state index in [-0.39, 0.29) is 0 Å². The van der Waals surface area contributed by atoms with E-state index in [1.807, 2.05) is 6.07 Å². The lowest BCUT2D eigenvalue weighted by Crippen LogP contribution is -2.25. The lowest BCUT2D eigenvalue weighted by Gasteiger charge is -2.24. The first-order chi connectivity index (χ1) is 8.10. The molecule has 0 bridgehead atoms. The first kappa shape index (κ1) is 14.0. The fraction of sp³-hybridized carbons (Fsp3) is 0.500. The molecule has 0 aliphatic heterocycles. The van der Waals surface area contributed by atoms with E-state index in [1.165, 1.54) is 5.69 Å². The molecule has 0 unspecified atom stereocenters. The van der Waals surface area contributed by atoms with E-state index in [9.17, 15) is 0 Å². The van der Waals surface area contributed by atoms with Crippen LogP contribution in [-0.4, -0.2) is 18.1 Å². The van der Waals surface area contributed by atoms with E-state index in [2.05, 4.69) is 37.8 Å². The van der Waals surface area contributed by atoms with Crippen molar-refractivity contribution in [1.29, 1.82) is 0 Å². The lowest BCUT2D eigenvalue weighted by atomic mass is 10.1. The minimum atomic E-state index is 0.478. The molecule has 0 amide bonds. The Morgan fingerprint density at radius 1 is 1.24 bits per heavy atom. The average Bonchev–Trinajstić information content (AvgIpc) is 2.28. The molecular formula is C14H22N2S. The van der Waals surface area contributed by atoms with Gasteiger partial charge in [-0.15, -0.1) is 0 Å². The predicted molar refractivity (Wildman–Crippen MR) is 79.9 cm³/mol. The molecule has 3 heteroatoms. The lowest BCUT2D eigenvalue weighted by molar-refractivity contribution is 0.744. The van der Waals surface area contributed by atoms with Crippen LogP contribution in [0.3, 0.4) is 0 Å². The van der Waals surface area contributed by atoms with Gasteiger partial charge < -0.3 is 10.6 Å². The Labute approximate surface area is 110 Å². The monoisotopic (exact) mass is 250 g/mol. The Morgan fingerprint density at radius 2 is 1.82 bits per heavy atom. The number of nitrogens with zero attached hydrogens (tertiary/aromatic N) is 1. The average molecular weight is 250 g/mol. The van der Waals surface area contributed by atoms with Crippen molar-refractivity contribution in [3.05, 3.63) is 29.3 Å². The van der Waals surface area contributed by atoms with Gasteiger partial charge in [0.25, 0.3) is 0 Å². The summed E-state index contributed by atoms with van der Waals surface area (Å²) >= 11 is 5.03. The van der Waals surface area contributed by atoms with Crippen LogP contribution in [0.15, 0.2) is 18.2 Å². The van der Waals surface area contributed by atoms with E-state index in [1.54, 1.807) is 0 Å². The summed E-state index contributed by atoms with van der Waals surface area (Å²) in [6.07, 6.45) is 2.33. The van der Waals surface area contributed by atoms with Crippen LogP contribution in [0.25, 0.3) is 0 Å². The summed E-state index contributed by atoms with van der Waals surface area (Å²) in [5, 5.41) is 0. The highest BCUT2D eigenvalue weighted by atomic mass is 32.1. The molecule has 1 rings (SSSR count). The van der Waals surface area contributed by atoms with Crippen LogP contribution in [-0.2, 0) is 0 Å². The van der Waals surface area contributed by atoms with Gasteiger partial charge in [-0.25, -0.2) is 0 Å². The first-order valence-corrected chi connectivity index (χ1v) is 6.66. The van der Waals surface area contributed by atoms with E-state index in [0.29, 0.717) is 4.99 Å². The maximum Gasteiger partial charge on any atom is 0.104 e. The summed E-state index contributed by atoms with van der Waals surface area (Å²) in [6, 6.07) is 6.33. The highest BCUT2D eigenvalue weighted by Crippen LogP contribution is 2.20. The number of aryl methyl sites for hydroxylation is 1. The van der Waals surface area contributed by atoms with E-state index in [0.717, 1.165) is 37.1 Å². The first-order valence-electron chi connectivity index (χ1n) is 6.25. The van der Waals surface area contributed by atoms with Crippen LogP contribution < -0.4 is 10.6 Å². The van der Waals surface area contributed by atoms with Gasteiger partial charge in [-0.2, -0.15) is 0 Å². The largest absolute Gasteiger partial charge is 0.389 e. The maximum absolute atomic E-state index is 5.68. The molecule has 0 aliphatic rings. The molecule has 0 saturated heterocycles. The van der Waals surface area contributed by atoms with Gasteiger partial charge in [-0.1, -0.05) is 26.1 Å². The van der Waals surface area contributed by atoms with E-state index < -0.39 is 0 Å². The molecule has 17 heavy (non-hydrogen) atoms. The summed E-state index contributed by atoms with van der Waals surface area (Å²) in [7, 11) is 0. The fourth-order valence-corrected chi connectivity index (χ4v) is 2.26. The topological polar surface area (TPSA) is 29.3 Å². The van der Waals surface area contributed by atoms with Gasteiger partial charge in [-0.05, 0) is 43.5 Å². The molecular weight excluding hydrogens is 228 g/mol. The predicted octanol–water partition coefficient (Wildman–Crippen LogP) is 3.26. The zero-order chi connectivity index (χ0) is 12.8. The van der Waals surface area contributed by atoms with Gasteiger partial charge in [0, 0.05) is 24.3 Å². The van der Waals surface area contributed by atoms with Crippen molar-refractivity contribution >= 4 is 22.9 Å². The maximum atomic E-state index is 5.68. The van der Waals surface area contributed by atoms with Crippen LogP contribution in [0.4, 0.5) is 5.69 Å². The molecule has 0 saturated carbocycles. The van der Waals surface area contributed by atoms with Crippen LogP contribution in [0.1, 0.15) is 37.8 Å². The highest BCUT2D eigenvalue weighted by molar-refractivity contribution is 7.80. The van der Waals surface area contributed by atoms with E-state index in [4.69, 9.17) is 18.0 Å². The number of thiocarbonyl (C=S) groups is 1. The van der Waals surface area contributed by atoms with Crippen molar-refractivity contribution in [1.82, 2.24) is 0 Å². The van der Waals surface area contributed by atoms with Crippen molar-refractivity contribution in [2.75, 3.05) is 18.0 Å². The Morgan fingerprint density at radius 3 is 2.24 bits per heavy atom. The van der Waals surface area contributed by atoms with Gasteiger partial charge in [0.15, 0.2) is 0 Å².